The molecule has 0 aromatic heterocycles. The lowest BCUT2D eigenvalue weighted by Gasteiger charge is -2.21. The fourth-order valence-electron chi connectivity index (χ4n) is 0.447. The second-order valence-corrected chi connectivity index (χ2v) is 9.08. The predicted octanol–water partition coefficient (Wildman–Crippen LogP) is 0.526. The van der Waals surface area contributed by atoms with Crippen LogP contribution < -0.4 is 0 Å². The highest BCUT2D eigenvalue weighted by Crippen LogP contribution is 2.35. The zero-order valence-electron chi connectivity index (χ0n) is 5.79. The third-order valence-electron chi connectivity index (χ3n) is 0.502. The van der Waals surface area contributed by atoms with E-state index in [0.717, 1.165) is 0 Å². The van der Waals surface area contributed by atoms with E-state index in [1.165, 1.54) is 0 Å². The molecule has 0 atom stereocenters. The molecule has 9 heavy (non-hydrogen) atoms. The molecule has 0 heterocycles. The molecule has 0 radical (unpaired) electrons. The molecular formula is C4H12O3S2. The van der Waals surface area contributed by atoms with Crippen LogP contribution in [0.25, 0.3) is 0 Å². The third-order valence-corrected chi connectivity index (χ3v) is 4.52. The summed E-state index contributed by atoms with van der Waals surface area (Å²) in [6.45, 7) is 0. The van der Waals surface area contributed by atoms with Crippen molar-refractivity contribution in [2.24, 2.45) is 0 Å². The summed E-state index contributed by atoms with van der Waals surface area (Å²) in [4.78, 5) is 0. The van der Waals surface area contributed by atoms with Crippen LogP contribution in [0, 0.1) is 0 Å². The van der Waals surface area contributed by atoms with Gasteiger partial charge >= 0.3 is 0 Å². The quantitative estimate of drug-likeness (QED) is 0.618. The molecule has 0 aromatic rings. The Hall–Kier alpha value is 0.260. The molecule has 3 nitrogen and oxygen atoms in total. The Morgan fingerprint density at radius 2 is 1.56 bits per heavy atom. The van der Waals surface area contributed by atoms with Crippen LogP contribution in [-0.4, -0.2) is 36.8 Å². The fourth-order valence-corrected chi connectivity index (χ4v) is 4.02. The first kappa shape index (κ1) is 9.26. The van der Waals surface area contributed by atoms with Gasteiger partial charge in [-0.05, 0) is 18.8 Å². The molecule has 0 unspecified atom stereocenters. The van der Waals surface area contributed by atoms with Crippen LogP contribution in [-0.2, 0) is 10.1 Å². The van der Waals surface area contributed by atoms with Crippen molar-refractivity contribution in [3.05, 3.63) is 0 Å². The zero-order chi connectivity index (χ0) is 7.71. The summed E-state index contributed by atoms with van der Waals surface area (Å²) < 4.78 is 28.8. The topological polar surface area (TPSA) is 54.4 Å². The van der Waals surface area contributed by atoms with Crippen molar-refractivity contribution < 1.29 is 13.0 Å². The Morgan fingerprint density at radius 1 is 1.22 bits per heavy atom. The number of rotatable bonds is 2. The Morgan fingerprint density at radius 3 is 1.56 bits per heavy atom. The maximum Gasteiger partial charge on any atom is 0.272 e. The van der Waals surface area contributed by atoms with Crippen LogP contribution in [0.4, 0.5) is 0 Å². The SMILES string of the molecule is CS(C)(C)CS(=O)(=O)O. The van der Waals surface area contributed by atoms with Gasteiger partial charge in [0.1, 0.15) is 5.08 Å². The first-order valence-corrected chi connectivity index (χ1v) is 6.95. The van der Waals surface area contributed by atoms with Gasteiger partial charge in [0.2, 0.25) is 0 Å². The van der Waals surface area contributed by atoms with Crippen LogP contribution >= 0.6 is 10.0 Å². The van der Waals surface area contributed by atoms with Crippen LogP contribution in [0.1, 0.15) is 0 Å². The molecule has 0 aliphatic heterocycles. The normalized spacial score (nSPS) is 15.6. The highest BCUT2D eigenvalue weighted by atomic mass is 32.3. The van der Waals surface area contributed by atoms with Crippen LogP contribution in [0.5, 0.6) is 0 Å². The van der Waals surface area contributed by atoms with E-state index in [1.807, 2.05) is 18.8 Å². The smallest absolute Gasteiger partial charge is 0.272 e. The minimum absolute atomic E-state index is 0.0972. The minimum atomic E-state index is -3.74. The van der Waals surface area contributed by atoms with Crippen molar-refractivity contribution >= 4 is 20.1 Å². The zero-order valence-corrected chi connectivity index (χ0v) is 7.42. The van der Waals surface area contributed by atoms with Gasteiger partial charge in [-0.25, -0.2) is 10.0 Å². The Labute approximate surface area is 57.5 Å². The lowest BCUT2D eigenvalue weighted by atomic mass is 11.8. The number of hydrogen-bond donors (Lipinski definition) is 1. The van der Waals surface area contributed by atoms with E-state index in [0.29, 0.717) is 0 Å². The largest absolute Gasteiger partial charge is 0.285 e. The molecule has 0 aliphatic carbocycles. The van der Waals surface area contributed by atoms with E-state index in [1.54, 1.807) is 0 Å². The van der Waals surface area contributed by atoms with E-state index in [4.69, 9.17) is 4.55 Å². The third kappa shape index (κ3) is 8.26. The van der Waals surface area contributed by atoms with E-state index in [-0.39, 0.29) is 5.08 Å². The fraction of sp³-hybridized carbons (Fsp3) is 1.00. The maximum atomic E-state index is 10.2. The van der Waals surface area contributed by atoms with Crippen LogP contribution in [0.3, 0.4) is 0 Å². The lowest BCUT2D eigenvalue weighted by Crippen LogP contribution is -2.09. The van der Waals surface area contributed by atoms with Gasteiger partial charge < -0.3 is 0 Å². The summed E-state index contributed by atoms with van der Waals surface area (Å²) >= 11 is 0. The van der Waals surface area contributed by atoms with Gasteiger partial charge in [-0.15, -0.1) is 0 Å². The van der Waals surface area contributed by atoms with Crippen molar-refractivity contribution in [1.82, 2.24) is 0 Å². The van der Waals surface area contributed by atoms with Crippen LogP contribution in [0.15, 0.2) is 0 Å². The molecule has 0 amide bonds. The summed E-state index contributed by atoms with van der Waals surface area (Å²) in [5.41, 5.74) is 0. The van der Waals surface area contributed by atoms with E-state index >= 15 is 0 Å². The first-order chi connectivity index (χ1) is 3.71. The summed E-state index contributed by atoms with van der Waals surface area (Å²) in [5.74, 6) is 0. The van der Waals surface area contributed by atoms with Gasteiger partial charge in [0, 0.05) is 0 Å². The Kier molecular flexibility index (Phi) is 2.55. The van der Waals surface area contributed by atoms with Gasteiger partial charge in [0.25, 0.3) is 10.1 Å². The average molecular weight is 172 g/mol. The number of hydrogen-bond acceptors (Lipinski definition) is 2. The molecular weight excluding hydrogens is 160 g/mol. The van der Waals surface area contributed by atoms with Gasteiger partial charge in [-0.3, -0.25) is 4.55 Å². The Balaban J connectivity index is 4.07. The molecule has 0 bridgehead atoms. The second kappa shape index (κ2) is 2.48. The monoisotopic (exact) mass is 172 g/mol. The maximum absolute atomic E-state index is 10.2. The van der Waals surface area contributed by atoms with Gasteiger partial charge in [0.15, 0.2) is 0 Å². The van der Waals surface area contributed by atoms with Gasteiger partial charge in [-0.1, -0.05) is 0 Å². The average Bonchev–Trinajstić information content (AvgIpc) is 1.14. The minimum Gasteiger partial charge on any atom is -0.285 e. The van der Waals surface area contributed by atoms with Gasteiger partial charge in [0.05, 0.1) is 0 Å². The summed E-state index contributed by atoms with van der Waals surface area (Å²) in [6, 6.07) is 0. The second-order valence-electron chi connectivity index (χ2n) is 2.79. The molecule has 0 fully saturated rings. The highest BCUT2D eigenvalue weighted by molar-refractivity contribution is 8.36. The van der Waals surface area contributed by atoms with E-state index in [9.17, 15) is 8.42 Å². The van der Waals surface area contributed by atoms with Crippen molar-refractivity contribution in [3.8, 4) is 0 Å². The summed E-state index contributed by atoms with van der Waals surface area (Å²) in [7, 11) is -4.86. The summed E-state index contributed by atoms with van der Waals surface area (Å²) in [5, 5.41) is -0.0972. The molecule has 0 spiro atoms. The molecule has 0 saturated heterocycles. The molecule has 0 rings (SSSR count). The molecule has 0 aromatic carbocycles. The molecule has 0 aliphatic rings. The van der Waals surface area contributed by atoms with Crippen molar-refractivity contribution in [2.45, 2.75) is 0 Å². The first-order valence-electron chi connectivity index (χ1n) is 2.32. The Bertz CT molecular complexity index is 174. The van der Waals surface area contributed by atoms with Gasteiger partial charge in [-0.2, -0.15) is 8.42 Å². The molecule has 0 saturated carbocycles. The van der Waals surface area contributed by atoms with Crippen LogP contribution in [0.2, 0.25) is 0 Å². The standard InChI is InChI=1S/C4H12O3S2/c1-8(2,3)4-9(5,6)7/h4H2,1-3H3,(H,5,6,7). The van der Waals surface area contributed by atoms with Crippen molar-refractivity contribution in [1.29, 1.82) is 0 Å². The predicted molar refractivity (Wildman–Crippen MR) is 41.8 cm³/mol. The molecule has 58 valence electrons. The van der Waals surface area contributed by atoms with E-state index < -0.39 is 20.1 Å². The lowest BCUT2D eigenvalue weighted by molar-refractivity contribution is 0.489. The highest BCUT2D eigenvalue weighted by Gasteiger charge is 2.13. The molecule has 1 N–H and O–H groups in total. The molecule has 5 heteroatoms. The van der Waals surface area contributed by atoms with Crippen molar-refractivity contribution in [3.63, 3.8) is 0 Å². The van der Waals surface area contributed by atoms with Crippen molar-refractivity contribution in [2.75, 3.05) is 23.9 Å². The van der Waals surface area contributed by atoms with E-state index in [2.05, 4.69) is 0 Å². The summed E-state index contributed by atoms with van der Waals surface area (Å²) in [6.07, 6.45) is 5.50.